The van der Waals surface area contributed by atoms with Crippen molar-refractivity contribution in [2.24, 2.45) is 4.99 Å². The smallest absolute Gasteiger partial charge is 0.436 e. The number of hydrogen-bond donors (Lipinski definition) is 0. The lowest BCUT2D eigenvalue weighted by molar-refractivity contribution is 0.0255. The number of carbonyl (C=O) groups is 2. The fourth-order valence-corrected chi connectivity index (χ4v) is 2.99. The van der Waals surface area contributed by atoms with Crippen molar-refractivity contribution >= 4 is 29.4 Å². The molecule has 1 aliphatic heterocycles. The zero-order valence-electron chi connectivity index (χ0n) is 19.5. The van der Waals surface area contributed by atoms with E-state index in [0.29, 0.717) is 22.7 Å². The van der Waals surface area contributed by atoms with Gasteiger partial charge in [-0.15, -0.1) is 0 Å². The molecule has 0 fully saturated rings. The van der Waals surface area contributed by atoms with Crippen LogP contribution >= 0.6 is 0 Å². The Balaban J connectivity index is 2.24. The van der Waals surface area contributed by atoms with Crippen molar-refractivity contribution in [1.29, 1.82) is 0 Å². The molecule has 0 N–H and O–H groups in total. The van der Waals surface area contributed by atoms with Crippen LogP contribution in [0.3, 0.4) is 0 Å². The van der Waals surface area contributed by atoms with E-state index in [4.69, 9.17) is 14.2 Å². The highest BCUT2D eigenvalue weighted by atomic mass is 16.6. The Bertz CT molecular complexity index is 1040. The summed E-state index contributed by atoms with van der Waals surface area (Å²) in [7, 11) is 1.52. The van der Waals surface area contributed by atoms with Crippen LogP contribution in [0.2, 0.25) is 0 Å². The number of anilines is 1. The van der Waals surface area contributed by atoms with Crippen molar-refractivity contribution in [2.45, 2.75) is 52.7 Å². The van der Waals surface area contributed by atoms with Crippen molar-refractivity contribution in [3.05, 3.63) is 54.1 Å². The third-order valence-electron chi connectivity index (χ3n) is 4.20. The molecule has 8 heteroatoms. The van der Waals surface area contributed by atoms with Crippen LogP contribution in [-0.4, -0.2) is 41.3 Å². The van der Waals surface area contributed by atoms with E-state index in [9.17, 15) is 9.59 Å². The molecular weight excluding hydrogens is 410 g/mol. The molecular formula is C24H29N3O5. The molecule has 3 rings (SSSR count). The summed E-state index contributed by atoms with van der Waals surface area (Å²) in [5.41, 5.74) is -0.141. The molecule has 2 aromatic rings. The Labute approximate surface area is 188 Å². The fraction of sp³-hybridized carbons (Fsp3) is 0.375. The van der Waals surface area contributed by atoms with Gasteiger partial charge < -0.3 is 14.2 Å². The van der Waals surface area contributed by atoms with Crippen LogP contribution in [-0.2, 0) is 9.47 Å². The minimum absolute atomic E-state index is 0.239. The number of rotatable bonds is 2. The van der Waals surface area contributed by atoms with Crippen molar-refractivity contribution < 1.29 is 23.8 Å². The Hall–Kier alpha value is -3.55. The summed E-state index contributed by atoms with van der Waals surface area (Å²) in [4.78, 5) is 31.5. The summed E-state index contributed by atoms with van der Waals surface area (Å²) in [6.07, 6.45) is -1.51. The van der Waals surface area contributed by atoms with Gasteiger partial charge in [0.25, 0.3) is 0 Å². The normalized spacial score (nSPS) is 13.8. The van der Waals surface area contributed by atoms with Gasteiger partial charge in [0.05, 0.1) is 18.5 Å². The maximum atomic E-state index is 13.4. The third-order valence-corrected chi connectivity index (χ3v) is 4.20. The zero-order valence-corrected chi connectivity index (χ0v) is 19.5. The Morgan fingerprint density at radius 2 is 1.38 bits per heavy atom. The van der Waals surface area contributed by atoms with E-state index in [2.05, 4.69) is 4.99 Å². The van der Waals surface area contributed by atoms with Gasteiger partial charge in [-0.25, -0.2) is 14.6 Å². The second-order valence-corrected chi connectivity index (χ2v) is 9.24. The van der Waals surface area contributed by atoms with Crippen LogP contribution in [0.25, 0.3) is 0 Å². The minimum atomic E-state index is -0.798. The molecule has 0 bridgehead atoms. The molecule has 0 spiro atoms. The van der Waals surface area contributed by atoms with Gasteiger partial charge in [0, 0.05) is 11.6 Å². The number of hydrazine groups is 1. The van der Waals surface area contributed by atoms with E-state index in [1.807, 2.05) is 18.2 Å². The van der Waals surface area contributed by atoms with Crippen molar-refractivity contribution in [2.75, 3.05) is 12.1 Å². The first-order valence-corrected chi connectivity index (χ1v) is 10.3. The standard InChI is InChI=1S/C24H29N3O5/c1-23(2,3)31-21(28)26-19-15-17(30-7)13-14-18(19)25-20(16-11-9-8-10-12-16)27(26)22(29)32-24(4,5)6/h8-15H,1-7H3. The van der Waals surface area contributed by atoms with Crippen LogP contribution in [0, 0.1) is 0 Å². The lowest BCUT2D eigenvalue weighted by Crippen LogP contribution is -2.57. The number of amides is 2. The molecule has 8 nitrogen and oxygen atoms in total. The molecule has 0 atom stereocenters. The lowest BCUT2D eigenvalue weighted by Gasteiger charge is -2.39. The first-order valence-electron chi connectivity index (χ1n) is 10.3. The number of benzene rings is 2. The van der Waals surface area contributed by atoms with Gasteiger partial charge in [-0.2, -0.15) is 10.0 Å². The Morgan fingerprint density at radius 1 is 0.812 bits per heavy atom. The monoisotopic (exact) mass is 439 g/mol. The van der Waals surface area contributed by atoms with Gasteiger partial charge in [-0.05, 0) is 53.7 Å². The summed E-state index contributed by atoms with van der Waals surface area (Å²) >= 11 is 0. The molecule has 0 aliphatic carbocycles. The maximum Gasteiger partial charge on any atom is 0.436 e. The molecule has 32 heavy (non-hydrogen) atoms. The second kappa shape index (κ2) is 8.53. The highest BCUT2D eigenvalue weighted by molar-refractivity contribution is 6.14. The molecule has 0 saturated carbocycles. The lowest BCUT2D eigenvalue weighted by atomic mass is 10.1. The van der Waals surface area contributed by atoms with E-state index in [0.717, 1.165) is 10.0 Å². The number of methoxy groups -OCH3 is 1. The summed E-state index contributed by atoms with van der Waals surface area (Å²) < 4.78 is 16.6. The van der Waals surface area contributed by atoms with Crippen molar-refractivity contribution in [3.63, 3.8) is 0 Å². The van der Waals surface area contributed by atoms with Crippen LogP contribution in [0.4, 0.5) is 21.0 Å². The van der Waals surface area contributed by atoms with Gasteiger partial charge in [0.2, 0.25) is 0 Å². The maximum absolute atomic E-state index is 13.4. The number of fused-ring (bicyclic) bond motifs is 1. The van der Waals surface area contributed by atoms with Crippen molar-refractivity contribution in [3.8, 4) is 5.75 Å². The first kappa shape index (κ1) is 23.1. The van der Waals surface area contributed by atoms with Gasteiger partial charge in [0.15, 0.2) is 5.84 Å². The highest BCUT2D eigenvalue weighted by Crippen LogP contribution is 2.39. The van der Waals surface area contributed by atoms with Crippen molar-refractivity contribution in [1.82, 2.24) is 5.01 Å². The number of carbonyl (C=O) groups excluding carboxylic acids is 2. The molecule has 2 aromatic carbocycles. The molecule has 1 heterocycles. The molecule has 1 aliphatic rings. The number of aliphatic imine (C=N–C) groups is 1. The molecule has 170 valence electrons. The van der Waals surface area contributed by atoms with Gasteiger partial charge >= 0.3 is 12.2 Å². The molecule has 2 amide bonds. The first-order chi connectivity index (χ1) is 14.9. The summed E-state index contributed by atoms with van der Waals surface area (Å²) in [5.74, 6) is 0.739. The predicted octanol–water partition coefficient (Wildman–Crippen LogP) is 5.68. The van der Waals surface area contributed by atoms with Gasteiger partial charge in [0.1, 0.15) is 17.0 Å². The average molecular weight is 440 g/mol. The number of amidine groups is 1. The molecule has 0 unspecified atom stereocenters. The van der Waals surface area contributed by atoms with E-state index in [-0.39, 0.29) is 5.84 Å². The SMILES string of the molecule is COc1ccc2c(c1)N(C(=O)OC(C)(C)C)N(C(=O)OC(C)(C)C)C(c1ccccc1)=N2. The number of ether oxygens (including phenoxy) is 3. The van der Waals surface area contributed by atoms with E-state index < -0.39 is 23.4 Å². The number of nitrogens with zero attached hydrogens (tertiary/aromatic N) is 3. The largest absolute Gasteiger partial charge is 0.497 e. The Kier molecular flexibility index (Phi) is 6.16. The minimum Gasteiger partial charge on any atom is -0.497 e. The molecule has 0 aromatic heterocycles. The quantitative estimate of drug-likeness (QED) is 0.601. The van der Waals surface area contributed by atoms with Crippen LogP contribution < -0.4 is 9.75 Å². The Morgan fingerprint density at radius 3 is 1.91 bits per heavy atom. The topological polar surface area (TPSA) is 80.7 Å². The predicted molar refractivity (Wildman–Crippen MR) is 122 cm³/mol. The van der Waals surface area contributed by atoms with Crippen LogP contribution in [0.1, 0.15) is 47.1 Å². The third kappa shape index (κ3) is 5.19. The summed E-state index contributed by atoms with van der Waals surface area (Å²) in [5, 5.41) is 2.25. The van der Waals surface area contributed by atoms with Gasteiger partial charge in [-0.3, -0.25) is 0 Å². The zero-order chi connectivity index (χ0) is 23.7. The van der Waals surface area contributed by atoms with Crippen LogP contribution in [0.15, 0.2) is 53.5 Å². The summed E-state index contributed by atoms with van der Waals surface area (Å²) in [6.45, 7) is 10.5. The molecule has 0 saturated heterocycles. The van der Waals surface area contributed by atoms with E-state index in [1.165, 1.54) is 7.11 Å². The number of hydrogen-bond acceptors (Lipinski definition) is 6. The van der Waals surface area contributed by atoms with Gasteiger partial charge in [-0.1, -0.05) is 30.3 Å². The fourth-order valence-electron chi connectivity index (χ4n) is 2.99. The summed E-state index contributed by atoms with van der Waals surface area (Å²) in [6, 6.07) is 14.2. The molecule has 0 radical (unpaired) electrons. The second-order valence-electron chi connectivity index (χ2n) is 9.24. The van der Waals surface area contributed by atoms with Crippen LogP contribution in [0.5, 0.6) is 5.75 Å². The average Bonchev–Trinajstić information content (AvgIpc) is 2.69. The highest BCUT2D eigenvalue weighted by Gasteiger charge is 2.41. The van der Waals surface area contributed by atoms with E-state index in [1.54, 1.807) is 71.9 Å². The van der Waals surface area contributed by atoms with E-state index >= 15 is 0 Å².